The van der Waals surface area contributed by atoms with Gasteiger partial charge in [-0.3, -0.25) is 4.90 Å². The van der Waals surface area contributed by atoms with Crippen molar-refractivity contribution in [3.8, 4) is 5.75 Å². The number of ether oxygens (including phenoxy) is 1. The summed E-state index contributed by atoms with van der Waals surface area (Å²) in [5.41, 5.74) is 1.18. The number of nitrogens with zero attached hydrogens (tertiary/aromatic N) is 1. The van der Waals surface area contributed by atoms with Crippen molar-refractivity contribution >= 4 is 0 Å². The standard InChI is InChI=1S/C21H32FNO2/c1-16(20-6-5-12-23(20)11-3-2-4-13-24)18-9-10-19(22)21(14-18)25-15-17-7-8-17/h9-10,14,16-17,20,24H,2-8,11-13,15H2,1H3. The molecule has 1 saturated heterocycles. The fourth-order valence-electron chi connectivity index (χ4n) is 3.93. The van der Waals surface area contributed by atoms with E-state index in [-0.39, 0.29) is 5.82 Å². The molecule has 25 heavy (non-hydrogen) atoms. The number of rotatable bonds is 10. The molecule has 3 rings (SSSR count). The lowest BCUT2D eigenvalue weighted by Crippen LogP contribution is -2.34. The Morgan fingerprint density at radius 1 is 1.24 bits per heavy atom. The van der Waals surface area contributed by atoms with Crippen molar-refractivity contribution in [2.45, 2.75) is 63.8 Å². The summed E-state index contributed by atoms with van der Waals surface area (Å²) in [6.45, 7) is 5.45. The number of hydrogen-bond donors (Lipinski definition) is 1. The molecule has 140 valence electrons. The first-order valence-electron chi connectivity index (χ1n) is 9.96. The maximum absolute atomic E-state index is 14.0. The SMILES string of the molecule is CC(c1ccc(F)c(OCC2CC2)c1)C1CCCN1CCCCCO. The average molecular weight is 349 g/mol. The van der Waals surface area contributed by atoms with Crippen molar-refractivity contribution in [3.63, 3.8) is 0 Å². The quantitative estimate of drug-likeness (QED) is 0.638. The molecule has 2 atom stereocenters. The lowest BCUT2D eigenvalue weighted by Gasteiger charge is -2.30. The molecule has 0 aromatic heterocycles. The number of hydrogen-bond acceptors (Lipinski definition) is 3. The molecule has 4 heteroatoms. The molecule has 0 amide bonds. The van der Waals surface area contributed by atoms with Gasteiger partial charge in [0.2, 0.25) is 0 Å². The third-order valence-electron chi connectivity index (χ3n) is 5.75. The second-order valence-electron chi connectivity index (χ2n) is 7.76. The molecule has 0 radical (unpaired) electrons. The molecular formula is C21H32FNO2. The van der Waals surface area contributed by atoms with Gasteiger partial charge in [-0.05, 0) is 87.6 Å². The van der Waals surface area contributed by atoms with Crippen molar-refractivity contribution in [1.82, 2.24) is 4.90 Å². The van der Waals surface area contributed by atoms with Crippen molar-refractivity contribution in [1.29, 1.82) is 0 Å². The van der Waals surface area contributed by atoms with Gasteiger partial charge in [0, 0.05) is 12.6 Å². The van der Waals surface area contributed by atoms with Gasteiger partial charge in [0.25, 0.3) is 0 Å². The Balaban J connectivity index is 1.60. The van der Waals surface area contributed by atoms with E-state index >= 15 is 0 Å². The highest BCUT2D eigenvalue weighted by molar-refractivity contribution is 5.33. The summed E-state index contributed by atoms with van der Waals surface area (Å²) in [7, 11) is 0. The van der Waals surface area contributed by atoms with Crippen molar-refractivity contribution in [2.24, 2.45) is 5.92 Å². The fraction of sp³-hybridized carbons (Fsp3) is 0.714. The molecule has 1 heterocycles. The zero-order valence-electron chi connectivity index (χ0n) is 15.4. The Morgan fingerprint density at radius 3 is 2.84 bits per heavy atom. The predicted molar refractivity (Wildman–Crippen MR) is 98.6 cm³/mol. The van der Waals surface area contributed by atoms with Crippen LogP contribution in [0.3, 0.4) is 0 Å². The summed E-state index contributed by atoms with van der Waals surface area (Å²) in [5.74, 6) is 1.18. The summed E-state index contributed by atoms with van der Waals surface area (Å²) in [4.78, 5) is 2.58. The van der Waals surface area contributed by atoms with Crippen LogP contribution in [-0.4, -0.2) is 42.4 Å². The molecule has 1 aliphatic heterocycles. The second-order valence-corrected chi connectivity index (χ2v) is 7.76. The van der Waals surface area contributed by atoms with Crippen molar-refractivity contribution in [2.75, 3.05) is 26.3 Å². The molecule has 1 aromatic carbocycles. The Hall–Kier alpha value is -1.13. The molecule has 1 N–H and O–H groups in total. The van der Waals surface area contributed by atoms with Crippen LogP contribution in [-0.2, 0) is 0 Å². The van der Waals surface area contributed by atoms with Gasteiger partial charge in [-0.15, -0.1) is 0 Å². The third kappa shape index (κ3) is 5.18. The molecule has 1 saturated carbocycles. The van der Waals surface area contributed by atoms with E-state index in [1.807, 2.05) is 12.1 Å². The first kappa shape index (κ1) is 18.7. The maximum atomic E-state index is 14.0. The van der Waals surface area contributed by atoms with Gasteiger partial charge in [-0.2, -0.15) is 0 Å². The zero-order valence-corrected chi connectivity index (χ0v) is 15.4. The van der Waals surface area contributed by atoms with Crippen LogP contribution >= 0.6 is 0 Å². The number of aliphatic hydroxyl groups is 1. The fourth-order valence-corrected chi connectivity index (χ4v) is 3.93. The smallest absolute Gasteiger partial charge is 0.165 e. The summed E-state index contributed by atoms with van der Waals surface area (Å²) in [6.07, 6.45) is 7.99. The Kier molecular flexibility index (Phi) is 6.71. The number of halogens is 1. The van der Waals surface area contributed by atoms with E-state index in [1.54, 1.807) is 6.07 Å². The largest absolute Gasteiger partial charge is 0.490 e. The lowest BCUT2D eigenvalue weighted by atomic mass is 9.91. The van der Waals surface area contributed by atoms with Gasteiger partial charge >= 0.3 is 0 Å². The van der Waals surface area contributed by atoms with Gasteiger partial charge in [-0.1, -0.05) is 13.0 Å². The summed E-state index contributed by atoms with van der Waals surface area (Å²) >= 11 is 0. The van der Waals surface area contributed by atoms with E-state index in [0.717, 1.165) is 32.4 Å². The topological polar surface area (TPSA) is 32.7 Å². The first-order chi connectivity index (χ1) is 12.2. The average Bonchev–Trinajstić information content (AvgIpc) is 3.33. The zero-order chi connectivity index (χ0) is 17.6. The van der Waals surface area contributed by atoms with Crippen LogP contribution in [0.4, 0.5) is 4.39 Å². The number of unbranched alkanes of at least 4 members (excludes halogenated alkanes) is 2. The van der Waals surface area contributed by atoms with Gasteiger partial charge in [0.05, 0.1) is 6.61 Å². The second kappa shape index (κ2) is 9.00. The normalized spacial score (nSPS) is 22.3. The Bertz CT molecular complexity index is 547. The number of likely N-dealkylation sites (tertiary alicyclic amines) is 1. The van der Waals surface area contributed by atoms with E-state index in [4.69, 9.17) is 9.84 Å². The first-order valence-corrected chi connectivity index (χ1v) is 9.96. The highest BCUT2D eigenvalue weighted by atomic mass is 19.1. The molecule has 1 aromatic rings. The minimum Gasteiger partial charge on any atom is -0.490 e. The number of benzene rings is 1. The Morgan fingerprint density at radius 2 is 2.08 bits per heavy atom. The summed E-state index contributed by atoms with van der Waals surface area (Å²) in [5, 5.41) is 8.92. The van der Waals surface area contributed by atoms with Crippen LogP contribution in [0.25, 0.3) is 0 Å². The molecule has 2 aliphatic rings. The van der Waals surface area contributed by atoms with Gasteiger partial charge in [0.1, 0.15) is 0 Å². The number of aliphatic hydroxyl groups excluding tert-OH is 1. The molecular weight excluding hydrogens is 317 g/mol. The highest BCUT2D eigenvalue weighted by Gasteiger charge is 2.30. The molecule has 0 spiro atoms. The maximum Gasteiger partial charge on any atom is 0.165 e. The molecule has 2 unspecified atom stereocenters. The molecule has 3 nitrogen and oxygen atoms in total. The van der Waals surface area contributed by atoms with Crippen LogP contribution in [0.1, 0.15) is 63.4 Å². The van der Waals surface area contributed by atoms with E-state index in [9.17, 15) is 4.39 Å². The minimum atomic E-state index is -0.246. The predicted octanol–water partition coefficient (Wildman–Crippen LogP) is 4.35. The Labute approximate surface area is 151 Å². The van der Waals surface area contributed by atoms with Crippen LogP contribution < -0.4 is 4.74 Å². The van der Waals surface area contributed by atoms with Crippen molar-refractivity contribution in [3.05, 3.63) is 29.6 Å². The van der Waals surface area contributed by atoms with Gasteiger partial charge < -0.3 is 9.84 Å². The lowest BCUT2D eigenvalue weighted by molar-refractivity contribution is 0.219. The van der Waals surface area contributed by atoms with E-state index in [0.29, 0.717) is 36.8 Å². The summed E-state index contributed by atoms with van der Waals surface area (Å²) in [6, 6.07) is 5.93. The van der Waals surface area contributed by atoms with Crippen LogP contribution in [0.5, 0.6) is 5.75 Å². The van der Waals surface area contributed by atoms with Crippen LogP contribution in [0.2, 0.25) is 0 Å². The summed E-state index contributed by atoms with van der Waals surface area (Å²) < 4.78 is 19.8. The molecule has 1 aliphatic carbocycles. The highest BCUT2D eigenvalue weighted by Crippen LogP contribution is 2.34. The van der Waals surface area contributed by atoms with Gasteiger partial charge in [0.15, 0.2) is 11.6 Å². The van der Waals surface area contributed by atoms with E-state index in [2.05, 4.69) is 11.8 Å². The van der Waals surface area contributed by atoms with Crippen LogP contribution in [0.15, 0.2) is 18.2 Å². The van der Waals surface area contributed by atoms with Crippen LogP contribution in [0, 0.1) is 11.7 Å². The molecule has 0 bridgehead atoms. The van der Waals surface area contributed by atoms with Crippen molar-refractivity contribution < 1.29 is 14.2 Å². The minimum absolute atomic E-state index is 0.246. The van der Waals surface area contributed by atoms with Gasteiger partial charge in [-0.25, -0.2) is 4.39 Å². The third-order valence-corrected chi connectivity index (χ3v) is 5.75. The molecule has 2 fully saturated rings. The van der Waals surface area contributed by atoms with E-state index in [1.165, 1.54) is 31.2 Å². The monoisotopic (exact) mass is 349 g/mol. The van der Waals surface area contributed by atoms with E-state index < -0.39 is 0 Å².